The average Bonchev–Trinajstić information content (AvgIpc) is 2.38. The molecule has 0 aromatic rings. The summed E-state index contributed by atoms with van der Waals surface area (Å²) in [5.41, 5.74) is 0.326. The lowest BCUT2D eigenvalue weighted by atomic mass is 9.48. The highest BCUT2D eigenvalue weighted by atomic mass is 16.3. The standard InChI is InChI=1S/C17H29NO/c19-16(12-18-4-2-1-3-5-18)17-9-13-6-14(10-17)8-15(7-13)11-17/h13-16,19H,1-12H2/t13?,14?,15?,16-,17?/m0/s1. The van der Waals surface area contributed by atoms with E-state index in [2.05, 4.69) is 4.90 Å². The SMILES string of the molecule is O[C@@H](CN1CCCCC1)C12CC3CC(CC(C3)C1)C2. The van der Waals surface area contributed by atoms with E-state index in [1.165, 1.54) is 70.9 Å². The fourth-order valence-electron chi connectivity index (χ4n) is 6.17. The maximum absolute atomic E-state index is 10.9. The molecule has 4 saturated carbocycles. The summed E-state index contributed by atoms with van der Waals surface area (Å²) < 4.78 is 0. The smallest absolute Gasteiger partial charge is 0.0723 e. The van der Waals surface area contributed by atoms with Crippen LogP contribution in [0.2, 0.25) is 0 Å². The van der Waals surface area contributed by atoms with Gasteiger partial charge in [0.15, 0.2) is 0 Å². The van der Waals surface area contributed by atoms with Crippen LogP contribution < -0.4 is 0 Å². The van der Waals surface area contributed by atoms with Crippen LogP contribution in [0, 0.1) is 23.2 Å². The number of likely N-dealkylation sites (tertiary alicyclic amines) is 1. The summed E-state index contributed by atoms with van der Waals surface area (Å²) in [6.07, 6.45) is 12.5. The second-order valence-corrected chi connectivity index (χ2v) is 8.16. The van der Waals surface area contributed by atoms with E-state index in [1.54, 1.807) is 0 Å². The number of rotatable bonds is 3. The first kappa shape index (κ1) is 12.6. The van der Waals surface area contributed by atoms with Gasteiger partial charge in [0, 0.05) is 6.54 Å². The second kappa shape index (κ2) is 4.73. The Hall–Kier alpha value is -0.0800. The topological polar surface area (TPSA) is 23.5 Å². The molecule has 5 rings (SSSR count). The lowest BCUT2D eigenvalue weighted by Gasteiger charge is -2.58. The maximum Gasteiger partial charge on any atom is 0.0723 e. The van der Waals surface area contributed by atoms with Crippen LogP contribution in [-0.2, 0) is 0 Å². The molecular weight excluding hydrogens is 234 g/mol. The third kappa shape index (κ3) is 2.25. The van der Waals surface area contributed by atoms with Crippen molar-refractivity contribution in [3.63, 3.8) is 0 Å². The van der Waals surface area contributed by atoms with Gasteiger partial charge in [0.05, 0.1) is 6.10 Å². The van der Waals surface area contributed by atoms with E-state index < -0.39 is 0 Å². The molecule has 0 spiro atoms. The number of nitrogens with zero attached hydrogens (tertiary/aromatic N) is 1. The zero-order valence-electron chi connectivity index (χ0n) is 12.2. The first-order chi connectivity index (χ1) is 9.23. The average molecular weight is 263 g/mol. The molecule has 4 aliphatic carbocycles. The van der Waals surface area contributed by atoms with Gasteiger partial charge in [-0.2, -0.15) is 0 Å². The molecule has 19 heavy (non-hydrogen) atoms. The first-order valence-electron chi connectivity index (χ1n) is 8.64. The van der Waals surface area contributed by atoms with Gasteiger partial charge in [-0.05, 0) is 87.6 Å². The van der Waals surface area contributed by atoms with Crippen LogP contribution in [0.5, 0.6) is 0 Å². The number of hydrogen-bond donors (Lipinski definition) is 1. The summed E-state index contributed by atoms with van der Waals surface area (Å²) in [6.45, 7) is 3.42. The van der Waals surface area contributed by atoms with Crippen molar-refractivity contribution in [1.82, 2.24) is 4.90 Å². The molecule has 0 unspecified atom stereocenters. The van der Waals surface area contributed by atoms with Crippen LogP contribution in [0.15, 0.2) is 0 Å². The number of β-amino-alcohol motifs (C(OH)–C–C–N with tert-alkyl or cyclic N) is 1. The van der Waals surface area contributed by atoms with Crippen molar-refractivity contribution in [2.45, 2.75) is 63.9 Å². The van der Waals surface area contributed by atoms with Gasteiger partial charge in [0.1, 0.15) is 0 Å². The van der Waals surface area contributed by atoms with E-state index in [0.717, 1.165) is 24.3 Å². The predicted molar refractivity (Wildman–Crippen MR) is 76.9 cm³/mol. The van der Waals surface area contributed by atoms with Gasteiger partial charge in [-0.3, -0.25) is 0 Å². The lowest BCUT2D eigenvalue weighted by Crippen LogP contribution is -2.54. The molecule has 108 valence electrons. The summed E-state index contributed by atoms with van der Waals surface area (Å²) >= 11 is 0. The highest BCUT2D eigenvalue weighted by Gasteiger charge is 2.54. The molecule has 1 aliphatic heterocycles. The van der Waals surface area contributed by atoms with E-state index in [1.807, 2.05) is 0 Å². The van der Waals surface area contributed by atoms with Crippen molar-refractivity contribution in [3.8, 4) is 0 Å². The zero-order valence-corrected chi connectivity index (χ0v) is 12.2. The van der Waals surface area contributed by atoms with Crippen LogP contribution in [0.1, 0.15) is 57.8 Å². The van der Waals surface area contributed by atoms with Crippen molar-refractivity contribution in [2.24, 2.45) is 23.2 Å². The van der Waals surface area contributed by atoms with E-state index in [0.29, 0.717) is 5.41 Å². The minimum atomic E-state index is -0.0426. The van der Waals surface area contributed by atoms with Crippen molar-refractivity contribution in [1.29, 1.82) is 0 Å². The van der Waals surface area contributed by atoms with E-state index >= 15 is 0 Å². The van der Waals surface area contributed by atoms with Crippen LogP contribution in [0.25, 0.3) is 0 Å². The van der Waals surface area contributed by atoms with Crippen molar-refractivity contribution in [3.05, 3.63) is 0 Å². The van der Waals surface area contributed by atoms with Gasteiger partial charge >= 0.3 is 0 Å². The summed E-state index contributed by atoms with van der Waals surface area (Å²) in [4.78, 5) is 2.53. The van der Waals surface area contributed by atoms with Crippen molar-refractivity contribution >= 4 is 0 Å². The van der Waals surface area contributed by atoms with Gasteiger partial charge < -0.3 is 10.0 Å². The Bertz CT molecular complexity index is 299. The van der Waals surface area contributed by atoms with Gasteiger partial charge in [0.2, 0.25) is 0 Å². The minimum absolute atomic E-state index is 0.0426. The van der Waals surface area contributed by atoms with E-state index in [4.69, 9.17) is 0 Å². The Morgan fingerprint density at radius 3 is 1.95 bits per heavy atom. The number of hydrogen-bond acceptors (Lipinski definition) is 2. The van der Waals surface area contributed by atoms with Gasteiger partial charge in [-0.15, -0.1) is 0 Å². The van der Waals surface area contributed by atoms with Crippen molar-refractivity contribution < 1.29 is 5.11 Å². The Labute approximate surface area is 117 Å². The third-order valence-corrected chi connectivity index (χ3v) is 6.67. The van der Waals surface area contributed by atoms with Crippen LogP contribution in [0.3, 0.4) is 0 Å². The number of aliphatic hydroxyl groups is 1. The molecule has 5 fully saturated rings. The molecule has 0 aromatic heterocycles. The minimum Gasteiger partial charge on any atom is -0.391 e. The molecule has 0 radical (unpaired) electrons. The molecule has 1 heterocycles. The van der Waals surface area contributed by atoms with E-state index in [9.17, 15) is 5.11 Å². The number of piperidine rings is 1. The molecule has 2 heteroatoms. The summed E-state index contributed by atoms with van der Waals surface area (Å²) in [5, 5.41) is 10.9. The first-order valence-corrected chi connectivity index (χ1v) is 8.64. The lowest BCUT2D eigenvalue weighted by molar-refractivity contribution is -0.127. The molecule has 1 N–H and O–H groups in total. The Kier molecular flexibility index (Phi) is 3.15. The molecule has 5 aliphatic rings. The fraction of sp³-hybridized carbons (Fsp3) is 1.00. The van der Waals surface area contributed by atoms with Crippen molar-refractivity contribution in [2.75, 3.05) is 19.6 Å². The molecule has 0 aromatic carbocycles. The van der Waals surface area contributed by atoms with Crippen LogP contribution in [-0.4, -0.2) is 35.7 Å². The Morgan fingerprint density at radius 2 is 1.42 bits per heavy atom. The highest BCUT2D eigenvalue weighted by molar-refractivity contribution is 5.04. The molecular formula is C17H29NO. The quantitative estimate of drug-likeness (QED) is 0.846. The summed E-state index contributed by atoms with van der Waals surface area (Å²) in [7, 11) is 0. The largest absolute Gasteiger partial charge is 0.391 e. The normalized spacial score (nSPS) is 47.5. The highest BCUT2D eigenvalue weighted by Crippen LogP contribution is 2.61. The molecule has 2 nitrogen and oxygen atoms in total. The summed E-state index contributed by atoms with van der Waals surface area (Å²) in [6, 6.07) is 0. The summed E-state index contributed by atoms with van der Waals surface area (Å²) in [5.74, 6) is 2.88. The molecule has 1 atom stereocenters. The van der Waals surface area contributed by atoms with E-state index in [-0.39, 0.29) is 6.10 Å². The second-order valence-electron chi connectivity index (χ2n) is 8.16. The monoisotopic (exact) mass is 263 g/mol. The maximum atomic E-state index is 10.9. The Morgan fingerprint density at radius 1 is 0.895 bits per heavy atom. The van der Waals surface area contributed by atoms with Gasteiger partial charge in [-0.25, -0.2) is 0 Å². The molecule has 0 amide bonds. The molecule has 4 bridgehead atoms. The third-order valence-electron chi connectivity index (χ3n) is 6.67. The molecule has 1 saturated heterocycles. The number of aliphatic hydroxyl groups excluding tert-OH is 1. The van der Waals surface area contributed by atoms with Crippen LogP contribution >= 0.6 is 0 Å². The predicted octanol–water partition coefficient (Wildman–Crippen LogP) is 3.05. The van der Waals surface area contributed by atoms with Gasteiger partial charge in [0.25, 0.3) is 0 Å². The van der Waals surface area contributed by atoms with Gasteiger partial charge in [-0.1, -0.05) is 6.42 Å². The zero-order chi connectivity index (χ0) is 12.9. The van der Waals surface area contributed by atoms with Crippen LogP contribution in [0.4, 0.5) is 0 Å². The Balaban J connectivity index is 1.45. The fourth-order valence-corrected chi connectivity index (χ4v) is 6.17.